The Morgan fingerprint density at radius 2 is 1.72 bits per heavy atom. The van der Waals surface area contributed by atoms with Crippen LogP contribution in [-0.4, -0.2) is 45.6 Å². The molecule has 0 fully saturated rings. The first kappa shape index (κ1) is 22.6. The van der Waals surface area contributed by atoms with E-state index in [9.17, 15) is 17.6 Å². The monoisotopic (exact) mass is 422 g/mol. The summed E-state index contributed by atoms with van der Waals surface area (Å²) >= 11 is 0. The maximum atomic E-state index is 13.2. The Bertz CT molecular complexity index is 947. The average Bonchev–Trinajstić information content (AvgIpc) is 2.62. The molecule has 0 spiro atoms. The van der Waals surface area contributed by atoms with Crippen LogP contribution in [0.2, 0.25) is 0 Å². The van der Waals surface area contributed by atoms with Crippen molar-refractivity contribution < 1.29 is 17.6 Å². The van der Waals surface area contributed by atoms with Crippen molar-refractivity contribution in [3.05, 3.63) is 59.4 Å². The topological polar surface area (TPSA) is 81.8 Å². The second kappa shape index (κ2) is 9.71. The van der Waals surface area contributed by atoms with Gasteiger partial charge in [-0.1, -0.05) is 12.1 Å². The molecule has 158 valence electrons. The number of amides is 2. The molecule has 29 heavy (non-hydrogen) atoms. The summed E-state index contributed by atoms with van der Waals surface area (Å²) in [6.45, 7) is 2.53. The van der Waals surface area contributed by atoms with E-state index < -0.39 is 10.0 Å². The summed E-state index contributed by atoms with van der Waals surface area (Å²) in [4.78, 5) is 13.7. The molecule has 2 aromatic rings. The molecule has 2 aromatic carbocycles. The number of carbonyl (C=O) groups excluding carboxylic acids is 1. The number of hydrogen-bond donors (Lipinski definition) is 2. The van der Waals surface area contributed by atoms with Crippen LogP contribution in [0.25, 0.3) is 0 Å². The minimum absolute atomic E-state index is 0.106. The van der Waals surface area contributed by atoms with E-state index in [2.05, 4.69) is 10.6 Å². The summed E-state index contributed by atoms with van der Waals surface area (Å²) in [5, 5.41) is 5.39. The molecule has 0 aliphatic rings. The first-order valence-electron chi connectivity index (χ1n) is 9.14. The fourth-order valence-electron chi connectivity index (χ4n) is 2.84. The van der Waals surface area contributed by atoms with Crippen molar-refractivity contribution in [3.8, 4) is 0 Å². The second-order valence-electron chi connectivity index (χ2n) is 6.88. The van der Waals surface area contributed by atoms with Crippen LogP contribution in [0.15, 0.2) is 42.5 Å². The SMILES string of the molecule is CCNC(=O)Nc1ccc(N(C)C)c(CN(Cc2ccc(F)cc2)S(C)(=O)=O)c1. The van der Waals surface area contributed by atoms with E-state index >= 15 is 0 Å². The molecule has 9 heteroatoms. The largest absolute Gasteiger partial charge is 0.377 e. The average molecular weight is 423 g/mol. The van der Waals surface area contributed by atoms with Gasteiger partial charge in [0.25, 0.3) is 0 Å². The van der Waals surface area contributed by atoms with E-state index in [-0.39, 0.29) is 24.9 Å². The van der Waals surface area contributed by atoms with Gasteiger partial charge in [0.1, 0.15) is 5.82 Å². The van der Waals surface area contributed by atoms with Gasteiger partial charge < -0.3 is 15.5 Å². The maximum Gasteiger partial charge on any atom is 0.319 e. The summed E-state index contributed by atoms with van der Waals surface area (Å²) in [5.41, 5.74) is 2.81. The van der Waals surface area contributed by atoms with Crippen molar-refractivity contribution in [2.45, 2.75) is 20.0 Å². The van der Waals surface area contributed by atoms with Gasteiger partial charge >= 0.3 is 6.03 Å². The highest BCUT2D eigenvalue weighted by molar-refractivity contribution is 7.88. The molecule has 0 atom stereocenters. The number of halogens is 1. The molecule has 0 radical (unpaired) electrons. The Labute approximate surface area is 171 Å². The van der Waals surface area contributed by atoms with Crippen LogP contribution >= 0.6 is 0 Å². The lowest BCUT2D eigenvalue weighted by atomic mass is 10.1. The smallest absolute Gasteiger partial charge is 0.319 e. The van der Waals surface area contributed by atoms with E-state index in [4.69, 9.17) is 0 Å². The summed E-state index contributed by atoms with van der Waals surface area (Å²) in [5.74, 6) is -0.376. The van der Waals surface area contributed by atoms with Crippen molar-refractivity contribution in [2.24, 2.45) is 0 Å². The zero-order valence-corrected chi connectivity index (χ0v) is 17.9. The Balaban J connectivity index is 2.34. The van der Waals surface area contributed by atoms with E-state index in [0.717, 1.165) is 17.5 Å². The van der Waals surface area contributed by atoms with Crippen LogP contribution < -0.4 is 15.5 Å². The van der Waals surface area contributed by atoms with E-state index in [1.54, 1.807) is 24.3 Å². The summed E-state index contributed by atoms with van der Waals surface area (Å²) in [7, 11) is 0.186. The molecule has 0 aliphatic heterocycles. The van der Waals surface area contributed by atoms with Gasteiger partial charge in [-0.15, -0.1) is 0 Å². The van der Waals surface area contributed by atoms with Crippen LogP contribution in [0.4, 0.5) is 20.6 Å². The first-order valence-corrected chi connectivity index (χ1v) is 11.0. The van der Waals surface area contributed by atoms with Crippen LogP contribution in [0, 0.1) is 5.82 Å². The standard InChI is InChI=1S/C20H27FN4O3S/c1-5-22-20(26)23-18-10-11-19(24(2)3)16(12-18)14-25(29(4,27)28)13-15-6-8-17(21)9-7-15/h6-12H,5,13-14H2,1-4H3,(H2,22,23,26). The van der Waals surface area contributed by atoms with Gasteiger partial charge in [0, 0.05) is 45.1 Å². The number of urea groups is 1. The zero-order valence-electron chi connectivity index (χ0n) is 17.1. The quantitative estimate of drug-likeness (QED) is 0.685. The van der Waals surface area contributed by atoms with Gasteiger partial charge in [-0.3, -0.25) is 0 Å². The summed E-state index contributed by atoms with van der Waals surface area (Å²) in [6, 6.07) is 10.8. The van der Waals surface area contributed by atoms with Crippen molar-refractivity contribution >= 4 is 27.4 Å². The fraction of sp³-hybridized carbons (Fsp3) is 0.350. The Morgan fingerprint density at radius 3 is 2.28 bits per heavy atom. The van der Waals surface area contributed by atoms with Gasteiger partial charge in [-0.2, -0.15) is 4.31 Å². The maximum absolute atomic E-state index is 13.2. The molecule has 2 N–H and O–H groups in total. The van der Waals surface area contributed by atoms with Gasteiger partial charge in [0.2, 0.25) is 10.0 Å². The summed E-state index contributed by atoms with van der Waals surface area (Å²) in [6.07, 6.45) is 1.14. The number of carbonyl (C=O) groups is 1. The molecular formula is C20H27FN4O3S. The molecule has 2 rings (SSSR count). The molecule has 0 saturated heterocycles. The normalized spacial score (nSPS) is 11.4. The third-order valence-electron chi connectivity index (χ3n) is 4.24. The Kier molecular flexibility index (Phi) is 7.58. The predicted molar refractivity (Wildman–Crippen MR) is 114 cm³/mol. The minimum Gasteiger partial charge on any atom is -0.377 e. The molecule has 0 bridgehead atoms. The highest BCUT2D eigenvalue weighted by Crippen LogP contribution is 2.26. The number of benzene rings is 2. The van der Waals surface area contributed by atoms with Crippen molar-refractivity contribution in [1.82, 2.24) is 9.62 Å². The molecule has 7 nitrogen and oxygen atoms in total. The van der Waals surface area contributed by atoms with Crippen molar-refractivity contribution in [2.75, 3.05) is 37.1 Å². The predicted octanol–water partition coefficient (Wildman–Crippen LogP) is 2.99. The highest BCUT2D eigenvalue weighted by atomic mass is 32.2. The number of hydrogen-bond acceptors (Lipinski definition) is 4. The molecule has 0 aromatic heterocycles. The molecule has 0 heterocycles. The van der Waals surface area contributed by atoms with Crippen molar-refractivity contribution in [3.63, 3.8) is 0 Å². The number of anilines is 2. The van der Waals surface area contributed by atoms with E-state index in [1.165, 1.54) is 16.4 Å². The molecule has 0 unspecified atom stereocenters. The fourth-order valence-corrected chi connectivity index (χ4v) is 3.59. The van der Waals surface area contributed by atoms with E-state index in [0.29, 0.717) is 17.8 Å². The number of nitrogens with zero attached hydrogens (tertiary/aromatic N) is 2. The lowest BCUT2D eigenvalue weighted by molar-refractivity contribution is 0.252. The van der Waals surface area contributed by atoms with Gasteiger partial charge in [-0.25, -0.2) is 17.6 Å². The first-order chi connectivity index (χ1) is 13.6. The minimum atomic E-state index is -3.54. The summed E-state index contributed by atoms with van der Waals surface area (Å²) < 4.78 is 39.3. The van der Waals surface area contributed by atoms with Crippen LogP contribution in [0.5, 0.6) is 0 Å². The van der Waals surface area contributed by atoms with Crippen LogP contribution in [0.3, 0.4) is 0 Å². The Hall–Kier alpha value is -2.65. The highest BCUT2D eigenvalue weighted by Gasteiger charge is 2.20. The third kappa shape index (κ3) is 6.72. The number of sulfonamides is 1. The molecule has 0 aliphatic carbocycles. The lowest BCUT2D eigenvalue weighted by Gasteiger charge is -2.24. The van der Waals surface area contributed by atoms with Crippen molar-refractivity contribution in [1.29, 1.82) is 0 Å². The zero-order chi connectivity index (χ0) is 21.6. The van der Waals surface area contributed by atoms with Gasteiger partial charge in [0.05, 0.1) is 6.26 Å². The van der Waals surface area contributed by atoms with Gasteiger partial charge in [0.15, 0.2) is 0 Å². The third-order valence-corrected chi connectivity index (χ3v) is 5.44. The van der Waals surface area contributed by atoms with Gasteiger partial charge in [-0.05, 0) is 48.4 Å². The lowest BCUT2D eigenvalue weighted by Crippen LogP contribution is -2.30. The second-order valence-corrected chi connectivity index (χ2v) is 8.86. The number of nitrogens with one attached hydrogen (secondary N) is 2. The Morgan fingerprint density at radius 1 is 1.07 bits per heavy atom. The molecule has 0 saturated carbocycles. The van der Waals surface area contributed by atoms with Crippen LogP contribution in [0.1, 0.15) is 18.1 Å². The molecular weight excluding hydrogens is 395 g/mol. The molecule has 2 amide bonds. The van der Waals surface area contributed by atoms with E-state index in [1.807, 2.05) is 32.0 Å². The number of rotatable bonds is 8. The van der Waals surface area contributed by atoms with Crippen LogP contribution in [-0.2, 0) is 23.1 Å².